The SMILES string of the molecule is COC(C)(CNC(=O)c1cc(C)cs1)c1cccc(Cl)c1. The van der Waals surface area contributed by atoms with Crippen LogP contribution >= 0.6 is 22.9 Å². The van der Waals surface area contributed by atoms with Gasteiger partial charge >= 0.3 is 0 Å². The van der Waals surface area contributed by atoms with Crippen molar-refractivity contribution in [2.45, 2.75) is 19.4 Å². The van der Waals surface area contributed by atoms with Gasteiger partial charge in [0.2, 0.25) is 0 Å². The Morgan fingerprint density at radius 2 is 2.19 bits per heavy atom. The summed E-state index contributed by atoms with van der Waals surface area (Å²) in [6.45, 7) is 4.27. The zero-order chi connectivity index (χ0) is 15.5. The summed E-state index contributed by atoms with van der Waals surface area (Å²) in [4.78, 5) is 12.8. The number of nitrogens with one attached hydrogen (secondary N) is 1. The Hall–Kier alpha value is -1.36. The fourth-order valence-electron chi connectivity index (χ4n) is 2.00. The molecule has 1 heterocycles. The summed E-state index contributed by atoms with van der Waals surface area (Å²) in [5, 5.41) is 5.53. The van der Waals surface area contributed by atoms with Crippen LogP contribution in [-0.4, -0.2) is 19.6 Å². The second kappa shape index (κ2) is 6.60. The summed E-state index contributed by atoms with van der Waals surface area (Å²) in [6.07, 6.45) is 0. The predicted molar refractivity (Wildman–Crippen MR) is 87.2 cm³/mol. The number of ether oxygens (including phenoxy) is 1. The highest BCUT2D eigenvalue weighted by Crippen LogP contribution is 2.26. The molecule has 0 spiro atoms. The van der Waals surface area contributed by atoms with Crippen molar-refractivity contribution in [2.75, 3.05) is 13.7 Å². The fraction of sp³-hybridized carbons (Fsp3) is 0.312. The summed E-state index contributed by atoms with van der Waals surface area (Å²) in [5.41, 5.74) is 1.40. The van der Waals surface area contributed by atoms with E-state index in [9.17, 15) is 4.79 Å². The molecular weight excluding hydrogens is 306 g/mol. The maximum Gasteiger partial charge on any atom is 0.261 e. The quantitative estimate of drug-likeness (QED) is 0.903. The van der Waals surface area contributed by atoms with Crippen LogP contribution in [-0.2, 0) is 10.3 Å². The second-order valence-electron chi connectivity index (χ2n) is 5.12. The molecule has 0 aliphatic carbocycles. The van der Waals surface area contributed by atoms with Crippen LogP contribution in [0.2, 0.25) is 5.02 Å². The number of aryl methyl sites for hydroxylation is 1. The Kier molecular flexibility index (Phi) is 5.04. The average Bonchev–Trinajstić information content (AvgIpc) is 2.91. The minimum absolute atomic E-state index is 0.0848. The van der Waals surface area contributed by atoms with Crippen molar-refractivity contribution in [1.82, 2.24) is 5.32 Å². The van der Waals surface area contributed by atoms with Gasteiger partial charge in [0.1, 0.15) is 5.60 Å². The van der Waals surface area contributed by atoms with E-state index in [0.717, 1.165) is 11.1 Å². The van der Waals surface area contributed by atoms with Gasteiger partial charge in [-0.25, -0.2) is 0 Å². The van der Waals surface area contributed by atoms with E-state index in [-0.39, 0.29) is 5.91 Å². The maximum absolute atomic E-state index is 12.1. The number of rotatable bonds is 5. The van der Waals surface area contributed by atoms with Gasteiger partial charge in [0, 0.05) is 12.1 Å². The highest BCUT2D eigenvalue weighted by Gasteiger charge is 2.27. The number of amides is 1. The first-order chi connectivity index (χ1) is 9.94. The molecule has 3 nitrogen and oxygen atoms in total. The van der Waals surface area contributed by atoms with Crippen LogP contribution in [0.4, 0.5) is 0 Å². The van der Waals surface area contributed by atoms with Gasteiger partial charge in [0.25, 0.3) is 5.91 Å². The van der Waals surface area contributed by atoms with E-state index in [0.29, 0.717) is 16.4 Å². The van der Waals surface area contributed by atoms with Crippen LogP contribution in [0.5, 0.6) is 0 Å². The molecule has 0 saturated heterocycles. The van der Waals surface area contributed by atoms with Crippen LogP contribution in [0.3, 0.4) is 0 Å². The number of methoxy groups -OCH3 is 1. The molecule has 112 valence electrons. The van der Waals surface area contributed by atoms with Gasteiger partial charge in [0.05, 0.1) is 11.4 Å². The zero-order valence-electron chi connectivity index (χ0n) is 12.3. The van der Waals surface area contributed by atoms with Crippen molar-refractivity contribution in [3.8, 4) is 0 Å². The molecule has 1 unspecified atom stereocenters. The van der Waals surface area contributed by atoms with Gasteiger partial charge in [0.15, 0.2) is 0 Å². The molecule has 1 aromatic heterocycles. The van der Waals surface area contributed by atoms with Crippen molar-refractivity contribution in [1.29, 1.82) is 0 Å². The van der Waals surface area contributed by atoms with Crippen LogP contribution in [0.15, 0.2) is 35.7 Å². The van der Waals surface area contributed by atoms with Crippen molar-refractivity contribution < 1.29 is 9.53 Å². The Labute approximate surface area is 133 Å². The van der Waals surface area contributed by atoms with Gasteiger partial charge in [-0.05, 0) is 48.6 Å². The van der Waals surface area contributed by atoms with Crippen molar-refractivity contribution in [3.05, 3.63) is 56.7 Å². The molecule has 0 aliphatic rings. The van der Waals surface area contributed by atoms with E-state index in [1.165, 1.54) is 11.3 Å². The van der Waals surface area contributed by atoms with E-state index >= 15 is 0 Å². The molecule has 1 N–H and O–H groups in total. The molecule has 1 amide bonds. The lowest BCUT2D eigenvalue weighted by molar-refractivity contribution is 0.00319. The Balaban J connectivity index is 2.10. The smallest absolute Gasteiger partial charge is 0.261 e. The lowest BCUT2D eigenvalue weighted by Crippen LogP contribution is -2.39. The molecule has 0 fully saturated rings. The van der Waals surface area contributed by atoms with Gasteiger partial charge in [-0.3, -0.25) is 4.79 Å². The Bertz CT molecular complexity index is 641. The summed E-state index contributed by atoms with van der Waals surface area (Å²) in [6, 6.07) is 9.36. The molecule has 21 heavy (non-hydrogen) atoms. The number of hydrogen-bond donors (Lipinski definition) is 1. The van der Waals surface area contributed by atoms with Crippen LogP contribution < -0.4 is 5.32 Å². The minimum atomic E-state index is -0.618. The Morgan fingerprint density at radius 1 is 1.43 bits per heavy atom. The molecule has 0 radical (unpaired) electrons. The first-order valence-electron chi connectivity index (χ1n) is 6.59. The molecule has 2 aromatic rings. The number of carbonyl (C=O) groups is 1. The lowest BCUT2D eigenvalue weighted by Gasteiger charge is -2.29. The van der Waals surface area contributed by atoms with E-state index in [1.54, 1.807) is 7.11 Å². The summed E-state index contributed by atoms with van der Waals surface area (Å²) < 4.78 is 5.60. The van der Waals surface area contributed by atoms with Crippen LogP contribution in [0.1, 0.15) is 27.7 Å². The maximum atomic E-state index is 12.1. The van der Waals surface area contributed by atoms with Crippen LogP contribution in [0, 0.1) is 6.92 Å². The number of hydrogen-bond acceptors (Lipinski definition) is 3. The molecule has 1 atom stereocenters. The largest absolute Gasteiger partial charge is 0.372 e. The minimum Gasteiger partial charge on any atom is -0.372 e. The van der Waals surface area contributed by atoms with Gasteiger partial charge in [-0.2, -0.15) is 0 Å². The molecule has 1 aromatic carbocycles. The Morgan fingerprint density at radius 3 is 2.76 bits per heavy atom. The molecule has 0 saturated carbocycles. The standard InChI is InChI=1S/C16H18ClNO2S/c1-11-7-14(21-9-11)15(19)18-10-16(2,20-3)12-5-4-6-13(17)8-12/h4-9H,10H2,1-3H3,(H,18,19). The first-order valence-corrected chi connectivity index (χ1v) is 7.85. The average molecular weight is 324 g/mol. The third-order valence-corrected chi connectivity index (χ3v) is 4.71. The molecular formula is C16H18ClNO2S. The van der Waals surface area contributed by atoms with Gasteiger partial charge < -0.3 is 10.1 Å². The fourth-order valence-corrected chi connectivity index (χ4v) is 3.00. The van der Waals surface area contributed by atoms with E-state index in [1.807, 2.05) is 49.6 Å². The summed E-state index contributed by atoms with van der Waals surface area (Å²) >= 11 is 7.47. The normalized spacial score (nSPS) is 13.7. The van der Waals surface area contributed by atoms with Crippen molar-refractivity contribution >= 4 is 28.8 Å². The van der Waals surface area contributed by atoms with Crippen LogP contribution in [0.25, 0.3) is 0 Å². The van der Waals surface area contributed by atoms with Crippen molar-refractivity contribution in [3.63, 3.8) is 0 Å². The second-order valence-corrected chi connectivity index (χ2v) is 6.46. The number of halogens is 1. The lowest BCUT2D eigenvalue weighted by atomic mass is 9.95. The number of carbonyl (C=O) groups excluding carboxylic acids is 1. The predicted octanol–water partition coefficient (Wildman–Crippen LogP) is 4.00. The van der Waals surface area contributed by atoms with Crippen molar-refractivity contribution in [2.24, 2.45) is 0 Å². The first kappa shape index (κ1) is 16.0. The van der Waals surface area contributed by atoms with E-state index in [4.69, 9.17) is 16.3 Å². The third kappa shape index (κ3) is 3.84. The van der Waals surface area contributed by atoms with E-state index < -0.39 is 5.60 Å². The number of thiophene rings is 1. The highest BCUT2D eigenvalue weighted by atomic mass is 35.5. The zero-order valence-corrected chi connectivity index (χ0v) is 13.8. The van der Waals surface area contributed by atoms with E-state index in [2.05, 4.69) is 5.32 Å². The van der Waals surface area contributed by atoms with Gasteiger partial charge in [-0.15, -0.1) is 11.3 Å². The molecule has 2 rings (SSSR count). The molecule has 0 bridgehead atoms. The molecule has 5 heteroatoms. The highest BCUT2D eigenvalue weighted by molar-refractivity contribution is 7.12. The topological polar surface area (TPSA) is 38.3 Å². The van der Waals surface area contributed by atoms with Gasteiger partial charge in [-0.1, -0.05) is 23.7 Å². The third-order valence-electron chi connectivity index (χ3n) is 3.43. The monoisotopic (exact) mass is 323 g/mol. The molecule has 0 aliphatic heterocycles. The summed E-state index contributed by atoms with van der Waals surface area (Å²) in [5.74, 6) is -0.0848. The summed E-state index contributed by atoms with van der Waals surface area (Å²) in [7, 11) is 1.63. The number of benzene rings is 1.